The summed E-state index contributed by atoms with van der Waals surface area (Å²) in [6, 6.07) is 9.11. The number of hydrogen-bond donors (Lipinski definition) is 2. The summed E-state index contributed by atoms with van der Waals surface area (Å²) in [6.07, 6.45) is 2.11. The van der Waals surface area contributed by atoms with Crippen LogP contribution in [-0.4, -0.2) is 21.2 Å². The van der Waals surface area contributed by atoms with E-state index in [-0.39, 0.29) is 11.3 Å². The molecule has 18 heavy (non-hydrogen) atoms. The minimum absolute atomic E-state index is 0.139. The first-order valence-electron chi connectivity index (χ1n) is 5.63. The van der Waals surface area contributed by atoms with Gasteiger partial charge in [0.25, 0.3) is 0 Å². The Morgan fingerprint density at radius 3 is 2.50 bits per heavy atom. The summed E-state index contributed by atoms with van der Waals surface area (Å²) in [4.78, 5) is 15.0. The van der Waals surface area contributed by atoms with Gasteiger partial charge in [0.15, 0.2) is 0 Å². The maximum Gasteiger partial charge on any atom is 0.339 e. The molecule has 4 nitrogen and oxygen atoms in total. The number of hydrogen-bond acceptors (Lipinski definition) is 3. The Kier molecular flexibility index (Phi) is 3.28. The molecule has 2 N–H and O–H groups in total. The highest BCUT2D eigenvalue weighted by Gasteiger charge is 2.11. The van der Waals surface area contributed by atoms with Gasteiger partial charge in [0.05, 0.1) is 11.9 Å². The topological polar surface area (TPSA) is 70.4 Å². The van der Waals surface area contributed by atoms with Gasteiger partial charge in [-0.1, -0.05) is 31.2 Å². The number of carbonyl (C=O) groups is 1. The number of rotatable bonds is 3. The third kappa shape index (κ3) is 2.32. The predicted molar refractivity (Wildman–Crippen MR) is 67.7 cm³/mol. The van der Waals surface area contributed by atoms with Crippen molar-refractivity contribution < 1.29 is 15.0 Å². The van der Waals surface area contributed by atoms with Crippen LogP contribution < -0.4 is 0 Å². The molecular weight excluding hydrogens is 230 g/mol. The summed E-state index contributed by atoms with van der Waals surface area (Å²) in [6.45, 7) is 2.07. The summed E-state index contributed by atoms with van der Waals surface area (Å²) < 4.78 is 0. The standard InChI is InChI=1S/C14H13NO3/c1-2-9-3-5-10(6-4-9)12-7-11(14(17)18)13(16)8-15-12/h3-8,16H,2H2,1H3,(H,17,18). The number of pyridine rings is 1. The molecule has 1 aromatic carbocycles. The van der Waals surface area contributed by atoms with Crippen molar-refractivity contribution in [3.63, 3.8) is 0 Å². The lowest BCUT2D eigenvalue weighted by atomic mass is 10.1. The molecule has 0 radical (unpaired) electrons. The van der Waals surface area contributed by atoms with Gasteiger partial charge in [0.1, 0.15) is 11.3 Å². The van der Waals surface area contributed by atoms with Crippen LogP contribution in [0.25, 0.3) is 11.3 Å². The number of aromatic carboxylic acids is 1. The van der Waals surface area contributed by atoms with E-state index in [9.17, 15) is 9.90 Å². The summed E-state index contributed by atoms with van der Waals surface area (Å²) in [7, 11) is 0. The van der Waals surface area contributed by atoms with Gasteiger partial charge in [-0.3, -0.25) is 4.98 Å². The van der Waals surface area contributed by atoms with E-state index in [0.29, 0.717) is 5.69 Å². The smallest absolute Gasteiger partial charge is 0.339 e. The number of aromatic hydroxyl groups is 1. The molecule has 1 aromatic heterocycles. The van der Waals surface area contributed by atoms with Gasteiger partial charge in [0.2, 0.25) is 0 Å². The second-order valence-electron chi connectivity index (χ2n) is 3.94. The summed E-state index contributed by atoms with van der Waals surface area (Å²) in [5, 5.41) is 18.3. The first kappa shape index (κ1) is 12.1. The van der Waals surface area contributed by atoms with Gasteiger partial charge < -0.3 is 10.2 Å². The zero-order valence-electron chi connectivity index (χ0n) is 9.92. The molecule has 0 amide bonds. The van der Waals surface area contributed by atoms with Crippen molar-refractivity contribution in [2.24, 2.45) is 0 Å². The van der Waals surface area contributed by atoms with Gasteiger partial charge in [0, 0.05) is 5.56 Å². The lowest BCUT2D eigenvalue weighted by Crippen LogP contribution is -1.98. The molecule has 92 valence electrons. The van der Waals surface area contributed by atoms with E-state index < -0.39 is 5.97 Å². The fourth-order valence-corrected chi connectivity index (χ4v) is 1.69. The van der Waals surface area contributed by atoms with Crippen LogP contribution in [0, 0.1) is 0 Å². The molecule has 0 aliphatic rings. The van der Waals surface area contributed by atoms with E-state index in [1.165, 1.54) is 11.6 Å². The Morgan fingerprint density at radius 1 is 1.28 bits per heavy atom. The fraction of sp³-hybridized carbons (Fsp3) is 0.143. The zero-order valence-corrected chi connectivity index (χ0v) is 9.92. The SMILES string of the molecule is CCc1ccc(-c2cc(C(=O)O)c(O)cn2)cc1. The Hall–Kier alpha value is -2.36. The van der Waals surface area contributed by atoms with Crippen molar-refractivity contribution in [1.82, 2.24) is 4.98 Å². The molecule has 1 heterocycles. The van der Waals surface area contributed by atoms with Gasteiger partial charge in [-0.05, 0) is 18.1 Å². The molecule has 0 fully saturated rings. The highest BCUT2D eigenvalue weighted by atomic mass is 16.4. The Bertz CT molecular complexity index is 576. The van der Waals surface area contributed by atoms with Crippen LogP contribution in [0.2, 0.25) is 0 Å². The monoisotopic (exact) mass is 243 g/mol. The molecule has 0 saturated heterocycles. The minimum atomic E-state index is -1.17. The number of carboxylic acids is 1. The van der Waals surface area contributed by atoms with Gasteiger partial charge >= 0.3 is 5.97 Å². The molecule has 0 aliphatic carbocycles. The number of carboxylic acid groups (broad SMARTS) is 1. The van der Waals surface area contributed by atoms with Crippen LogP contribution in [-0.2, 0) is 6.42 Å². The summed E-state index contributed by atoms with van der Waals surface area (Å²) in [5.41, 5.74) is 2.43. The van der Waals surface area contributed by atoms with E-state index >= 15 is 0 Å². The maximum absolute atomic E-state index is 10.9. The Morgan fingerprint density at radius 2 is 1.94 bits per heavy atom. The normalized spacial score (nSPS) is 10.3. The number of nitrogens with zero attached hydrogens (tertiary/aromatic N) is 1. The molecule has 2 aromatic rings. The molecule has 0 atom stereocenters. The number of aryl methyl sites for hydroxylation is 1. The van der Waals surface area contributed by atoms with E-state index in [4.69, 9.17) is 5.11 Å². The van der Waals surface area contributed by atoms with E-state index in [0.717, 1.165) is 18.2 Å². The fourth-order valence-electron chi connectivity index (χ4n) is 1.69. The van der Waals surface area contributed by atoms with Crippen LogP contribution in [0.4, 0.5) is 0 Å². The molecule has 0 bridgehead atoms. The zero-order chi connectivity index (χ0) is 13.1. The van der Waals surface area contributed by atoms with Crippen LogP contribution in [0.15, 0.2) is 36.5 Å². The van der Waals surface area contributed by atoms with Crippen LogP contribution in [0.1, 0.15) is 22.8 Å². The van der Waals surface area contributed by atoms with Crippen molar-refractivity contribution in [1.29, 1.82) is 0 Å². The van der Waals surface area contributed by atoms with Crippen molar-refractivity contribution in [3.05, 3.63) is 47.7 Å². The molecular formula is C14H13NO3. The van der Waals surface area contributed by atoms with Crippen molar-refractivity contribution in [2.75, 3.05) is 0 Å². The van der Waals surface area contributed by atoms with Crippen molar-refractivity contribution in [2.45, 2.75) is 13.3 Å². The highest BCUT2D eigenvalue weighted by molar-refractivity contribution is 5.91. The van der Waals surface area contributed by atoms with E-state index in [1.54, 1.807) is 0 Å². The molecule has 0 saturated carbocycles. The molecule has 4 heteroatoms. The minimum Gasteiger partial charge on any atom is -0.505 e. The van der Waals surface area contributed by atoms with Crippen LogP contribution in [0.3, 0.4) is 0 Å². The molecule has 0 unspecified atom stereocenters. The number of aromatic nitrogens is 1. The quantitative estimate of drug-likeness (QED) is 0.869. The molecule has 0 aliphatic heterocycles. The van der Waals surface area contributed by atoms with Crippen molar-refractivity contribution >= 4 is 5.97 Å². The van der Waals surface area contributed by atoms with Crippen molar-refractivity contribution in [3.8, 4) is 17.0 Å². The second-order valence-corrected chi connectivity index (χ2v) is 3.94. The highest BCUT2D eigenvalue weighted by Crippen LogP contribution is 2.23. The van der Waals surface area contributed by atoms with Gasteiger partial charge in [-0.25, -0.2) is 4.79 Å². The van der Waals surface area contributed by atoms with Crippen LogP contribution >= 0.6 is 0 Å². The maximum atomic E-state index is 10.9. The van der Waals surface area contributed by atoms with E-state index in [1.807, 2.05) is 24.3 Å². The average molecular weight is 243 g/mol. The molecule has 0 spiro atoms. The lowest BCUT2D eigenvalue weighted by molar-refractivity contribution is 0.0693. The lowest BCUT2D eigenvalue weighted by Gasteiger charge is -2.05. The third-order valence-corrected chi connectivity index (χ3v) is 2.77. The number of benzene rings is 1. The largest absolute Gasteiger partial charge is 0.505 e. The van der Waals surface area contributed by atoms with Gasteiger partial charge in [-0.2, -0.15) is 0 Å². The Balaban J connectivity index is 2.44. The summed E-state index contributed by atoms with van der Waals surface area (Å²) in [5.74, 6) is -1.49. The second kappa shape index (κ2) is 4.87. The first-order chi connectivity index (χ1) is 8.61. The Labute approximate surface area is 105 Å². The van der Waals surface area contributed by atoms with E-state index in [2.05, 4.69) is 11.9 Å². The predicted octanol–water partition coefficient (Wildman–Crippen LogP) is 2.71. The first-order valence-corrected chi connectivity index (χ1v) is 5.63. The average Bonchev–Trinajstić information content (AvgIpc) is 2.39. The van der Waals surface area contributed by atoms with Crippen LogP contribution in [0.5, 0.6) is 5.75 Å². The van der Waals surface area contributed by atoms with Gasteiger partial charge in [-0.15, -0.1) is 0 Å². The summed E-state index contributed by atoms with van der Waals surface area (Å²) >= 11 is 0. The third-order valence-electron chi connectivity index (χ3n) is 2.77. The molecule has 2 rings (SSSR count).